The zero-order valence-corrected chi connectivity index (χ0v) is 15.4. The number of β-amino-alcohol motifs (C(OH)–C–C–N with tert-alkyl or cyclic N) is 1. The molecule has 2 aromatic carbocycles. The number of rotatable bonds is 3. The Kier molecular flexibility index (Phi) is 4.38. The van der Waals surface area contributed by atoms with Crippen molar-refractivity contribution < 1.29 is 14.6 Å². The summed E-state index contributed by atoms with van der Waals surface area (Å²) in [5.74, 6) is 0.992. The standard InChI is InChI=1S/C18H17ClN3O3S/c19-14-4-8-15(9-5-14)20-12-18(23,21-10-1-11-26-17(20)21)13-2-6-16(7-3-13)22(24)25/h2-9,23H,1,10-12H2/q+1/t18-/m0/s1. The second-order valence-electron chi connectivity index (χ2n) is 6.32. The van der Waals surface area contributed by atoms with Gasteiger partial charge in [0.15, 0.2) is 6.54 Å². The van der Waals surface area contributed by atoms with Crippen LogP contribution in [0.25, 0.3) is 0 Å². The Labute approximate surface area is 159 Å². The number of anilines is 1. The highest BCUT2D eigenvalue weighted by Crippen LogP contribution is 2.38. The van der Waals surface area contributed by atoms with Crippen molar-refractivity contribution in [3.05, 3.63) is 69.2 Å². The van der Waals surface area contributed by atoms with Crippen LogP contribution < -0.4 is 4.90 Å². The van der Waals surface area contributed by atoms with Crippen LogP contribution in [-0.4, -0.2) is 38.6 Å². The number of aliphatic hydroxyl groups is 1. The van der Waals surface area contributed by atoms with Crippen LogP contribution in [0.4, 0.5) is 11.4 Å². The van der Waals surface area contributed by atoms with E-state index >= 15 is 0 Å². The zero-order chi connectivity index (χ0) is 18.3. The predicted octanol–water partition coefficient (Wildman–Crippen LogP) is 3.42. The average molecular weight is 391 g/mol. The molecule has 134 valence electrons. The first-order valence-electron chi connectivity index (χ1n) is 8.27. The molecule has 0 amide bonds. The normalized spacial score (nSPS) is 22.5. The summed E-state index contributed by atoms with van der Waals surface area (Å²) in [5.41, 5.74) is 0.403. The average Bonchev–Trinajstić information content (AvgIpc) is 2.97. The Morgan fingerprint density at radius 3 is 2.54 bits per heavy atom. The van der Waals surface area contributed by atoms with E-state index in [0.29, 0.717) is 17.1 Å². The summed E-state index contributed by atoms with van der Waals surface area (Å²) in [6, 6.07) is 13.7. The fraction of sp³-hybridized carbons (Fsp3) is 0.278. The van der Waals surface area contributed by atoms with Crippen LogP contribution in [0.3, 0.4) is 0 Å². The highest BCUT2D eigenvalue weighted by molar-refractivity contribution is 8.13. The molecule has 0 unspecified atom stereocenters. The van der Waals surface area contributed by atoms with Crippen molar-refractivity contribution >= 4 is 39.9 Å². The van der Waals surface area contributed by atoms with Gasteiger partial charge in [-0.25, -0.2) is 9.48 Å². The number of hydrogen-bond acceptors (Lipinski definition) is 5. The van der Waals surface area contributed by atoms with Crippen LogP contribution in [0, 0.1) is 10.1 Å². The maximum Gasteiger partial charge on any atom is 0.316 e. The summed E-state index contributed by atoms with van der Waals surface area (Å²) in [4.78, 5) is 12.6. The van der Waals surface area contributed by atoms with Gasteiger partial charge in [0.25, 0.3) is 11.4 Å². The Morgan fingerprint density at radius 2 is 1.88 bits per heavy atom. The molecule has 0 radical (unpaired) electrons. The molecule has 0 spiro atoms. The Bertz CT molecular complexity index is 886. The molecule has 4 rings (SSSR count). The smallest absolute Gasteiger partial charge is 0.316 e. The van der Waals surface area contributed by atoms with Gasteiger partial charge in [0, 0.05) is 28.5 Å². The lowest BCUT2D eigenvalue weighted by atomic mass is 10.0. The fourth-order valence-corrected chi connectivity index (χ4v) is 4.73. The number of thioether (sulfide) groups is 1. The number of non-ortho nitro benzene ring substituents is 1. The van der Waals surface area contributed by atoms with E-state index in [0.717, 1.165) is 29.6 Å². The summed E-state index contributed by atoms with van der Waals surface area (Å²) in [5, 5.41) is 24.1. The van der Waals surface area contributed by atoms with E-state index in [1.807, 2.05) is 28.8 Å². The highest BCUT2D eigenvalue weighted by atomic mass is 35.5. The van der Waals surface area contributed by atoms with Gasteiger partial charge < -0.3 is 5.11 Å². The fourth-order valence-electron chi connectivity index (χ4n) is 3.42. The number of halogens is 1. The minimum absolute atomic E-state index is 0.0159. The molecule has 0 aliphatic carbocycles. The monoisotopic (exact) mass is 390 g/mol. The molecule has 0 saturated carbocycles. The summed E-state index contributed by atoms with van der Waals surface area (Å²) in [6.07, 6.45) is 0.970. The maximum absolute atomic E-state index is 11.5. The topological polar surface area (TPSA) is 69.6 Å². The Balaban J connectivity index is 1.75. The summed E-state index contributed by atoms with van der Waals surface area (Å²) in [7, 11) is 0. The molecule has 2 heterocycles. The molecule has 0 saturated heterocycles. The van der Waals surface area contributed by atoms with Crippen LogP contribution in [0.1, 0.15) is 12.0 Å². The summed E-state index contributed by atoms with van der Waals surface area (Å²) in [6.45, 7) is 1.09. The SMILES string of the molecule is O=[N+]([O-])c1ccc([C@@]2(O)CN(c3ccc(Cl)cc3)C3=[N+]2CCCS3)cc1. The summed E-state index contributed by atoms with van der Waals surface area (Å²) >= 11 is 7.72. The Morgan fingerprint density at radius 1 is 1.19 bits per heavy atom. The minimum Gasteiger partial charge on any atom is -0.346 e. The van der Waals surface area contributed by atoms with Gasteiger partial charge in [0.2, 0.25) is 0 Å². The number of nitro benzene ring substituents is 1. The maximum atomic E-state index is 11.5. The lowest BCUT2D eigenvalue weighted by molar-refractivity contribution is -0.656. The van der Waals surface area contributed by atoms with Crippen LogP contribution in [0.5, 0.6) is 0 Å². The molecule has 0 aromatic heterocycles. The third-order valence-corrected chi connectivity index (χ3v) is 6.17. The molecule has 2 aromatic rings. The van der Waals surface area contributed by atoms with Crippen molar-refractivity contribution in [3.63, 3.8) is 0 Å². The number of nitrogens with zero attached hydrogens (tertiary/aromatic N) is 3. The van der Waals surface area contributed by atoms with Crippen molar-refractivity contribution in [1.29, 1.82) is 0 Å². The molecule has 1 N–H and O–H groups in total. The molecule has 2 aliphatic rings. The molecular weight excluding hydrogens is 374 g/mol. The largest absolute Gasteiger partial charge is 0.346 e. The van der Waals surface area contributed by atoms with Crippen molar-refractivity contribution in [2.45, 2.75) is 12.1 Å². The number of amidine groups is 1. The van der Waals surface area contributed by atoms with Crippen LogP contribution in [0.2, 0.25) is 5.02 Å². The van der Waals surface area contributed by atoms with Gasteiger partial charge in [-0.05, 0) is 54.6 Å². The molecule has 0 fully saturated rings. The van der Waals surface area contributed by atoms with Crippen molar-refractivity contribution in [2.24, 2.45) is 0 Å². The third-order valence-electron chi connectivity index (χ3n) is 4.72. The molecule has 26 heavy (non-hydrogen) atoms. The third kappa shape index (κ3) is 2.86. The van der Waals surface area contributed by atoms with E-state index in [1.54, 1.807) is 23.9 Å². The van der Waals surface area contributed by atoms with E-state index in [1.165, 1.54) is 12.1 Å². The van der Waals surface area contributed by atoms with Gasteiger partial charge >= 0.3 is 5.17 Å². The Hall–Kier alpha value is -2.09. The molecule has 8 heteroatoms. The number of hydrogen-bond donors (Lipinski definition) is 1. The van der Waals surface area contributed by atoms with Gasteiger partial charge in [-0.3, -0.25) is 10.1 Å². The van der Waals surface area contributed by atoms with E-state index < -0.39 is 10.6 Å². The molecule has 6 nitrogen and oxygen atoms in total. The van der Waals surface area contributed by atoms with Crippen LogP contribution in [-0.2, 0) is 5.72 Å². The van der Waals surface area contributed by atoms with Gasteiger partial charge in [-0.1, -0.05) is 11.6 Å². The number of nitro groups is 1. The molecule has 2 aliphatic heterocycles. The van der Waals surface area contributed by atoms with Crippen LogP contribution in [0.15, 0.2) is 48.5 Å². The highest BCUT2D eigenvalue weighted by Gasteiger charge is 2.53. The van der Waals surface area contributed by atoms with Gasteiger partial charge in [0.1, 0.15) is 5.69 Å². The predicted molar refractivity (Wildman–Crippen MR) is 103 cm³/mol. The molecule has 1 atom stereocenters. The van der Waals surface area contributed by atoms with Crippen molar-refractivity contribution in [3.8, 4) is 0 Å². The first-order chi connectivity index (χ1) is 12.5. The molecule has 0 bridgehead atoms. The zero-order valence-electron chi connectivity index (χ0n) is 13.8. The van der Waals surface area contributed by atoms with E-state index in [4.69, 9.17) is 11.6 Å². The number of benzene rings is 2. The van der Waals surface area contributed by atoms with Crippen LogP contribution >= 0.6 is 23.4 Å². The molecular formula is C18H17ClN3O3S+. The van der Waals surface area contributed by atoms with Gasteiger partial charge in [-0.15, -0.1) is 0 Å². The first kappa shape index (κ1) is 17.3. The van der Waals surface area contributed by atoms with Crippen molar-refractivity contribution in [1.82, 2.24) is 0 Å². The minimum atomic E-state index is -1.22. The second-order valence-corrected chi connectivity index (χ2v) is 7.82. The van der Waals surface area contributed by atoms with Gasteiger partial charge in [0.05, 0.1) is 11.5 Å². The summed E-state index contributed by atoms with van der Waals surface area (Å²) < 4.78 is 2.00. The first-order valence-corrected chi connectivity index (χ1v) is 9.63. The van der Waals surface area contributed by atoms with E-state index in [-0.39, 0.29) is 5.69 Å². The second kappa shape index (κ2) is 6.57. The van der Waals surface area contributed by atoms with E-state index in [2.05, 4.69) is 4.90 Å². The van der Waals surface area contributed by atoms with Crippen molar-refractivity contribution in [2.75, 3.05) is 23.7 Å². The quantitative estimate of drug-likeness (QED) is 0.494. The lowest BCUT2D eigenvalue weighted by Gasteiger charge is -2.24. The van der Waals surface area contributed by atoms with Gasteiger partial charge in [-0.2, -0.15) is 0 Å². The van der Waals surface area contributed by atoms with E-state index in [9.17, 15) is 15.2 Å². The lowest BCUT2D eigenvalue weighted by Crippen LogP contribution is -2.41.